The van der Waals surface area contributed by atoms with Gasteiger partial charge in [0, 0.05) is 30.6 Å². The molecule has 4 nitrogen and oxygen atoms in total. The molecule has 0 aromatic rings. The van der Waals surface area contributed by atoms with Crippen molar-refractivity contribution >= 4 is 5.91 Å². The van der Waals surface area contributed by atoms with Crippen molar-refractivity contribution in [2.75, 3.05) is 13.1 Å². The van der Waals surface area contributed by atoms with Crippen molar-refractivity contribution in [2.24, 2.45) is 11.3 Å². The SMILES string of the molecule is CCC(O)CC1CC(NC(=O)C(C)(C)C)CN(C2CCC2)C1. The molecule has 1 amide bonds. The summed E-state index contributed by atoms with van der Waals surface area (Å²) < 4.78 is 0. The first kappa shape index (κ1) is 17.7. The van der Waals surface area contributed by atoms with Crippen LogP contribution in [0.5, 0.6) is 0 Å². The lowest BCUT2D eigenvalue weighted by molar-refractivity contribution is -0.130. The molecule has 1 saturated carbocycles. The first-order chi connectivity index (χ1) is 10.3. The molecule has 0 spiro atoms. The fourth-order valence-electron chi connectivity index (χ4n) is 3.52. The fraction of sp³-hybridized carbons (Fsp3) is 0.944. The van der Waals surface area contributed by atoms with Gasteiger partial charge in [0.1, 0.15) is 0 Å². The van der Waals surface area contributed by atoms with Crippen molar-refractivity contribution in [3.63, 3.8) is 0 Å². The largest absolute Gasteiger partial charge is 0.393 e. The summed E-state index contributed by atoms with van der Waals surface area (Å²) in [5.74, 6) is 0.636. The Morgan fingerprint density at radius 3 is 2.50 bits per heavy atom. The van der Waals surface area contributed by atoms with Gasteiger partial charge in [-0.2, -0.15) is 0 Å². The normalized spacial score (nSPS) is 29.0. The lowest BCUT2D eigenvalue weighted by Gasteiger charge is -2.46. The molecule has 0 aromatic heterocycles. The zero-order chi connectivity index (χ0) is 16.3. The van der Waals surface area contributed by atoms with Crippen LogP contribution in [-0.2, 0) is 4.79 Å². The van der Waals surface area contributed by atoms with Gasteiger partial charge < -0.3 is 10.4 Å². The highest BCUT2D eigenvalue weighted by Gasteiger charge is 2.35. The second-order valence-electron chi connectivity index (χ2n) is 8.36. The van der Waals surface area contributed by atoms with E-state index in [1.54, 1.807) is 0 Å². The van der Waals surface area contributed by atoms with Gasteiger partial charge in [-0.25, -0.2) is 0 Å². The van der Waals surface area contributed by atoms with Crippen molar-refractivity contribution < 1.29 is 9.90 Å². The molecule has 0 bridgehead atoms. The number of carbonyl (C=O) groups excluding carboxylic acids is 1. The molecule has 128 valence electrons. The number of nitrogens with one attached hydrogen (secondary N) is 1. The van der Waals surface area contributed by atoms with Crippen LogP contribution in [0, 0.1) is 11.3 Å². The van der Waals surface area contributed by atoms with Crippen LogP contribution in [0.2, 0.25) is 0 Å². The number of aliphatic hydroxyl groups excluding tert-OH is 1. The van der Waals surface area contributed by atoms with Crippen LogP contribution < -0.4 is 5.32 Å². The number of carbonyl (C=O) groups is 1. The average Bonchev–Trinajstić information content (AvgIpc) is 2.35. The molecule has 0 aromatic carbocycles. The Hall–Kier alpha value is -0.610. The summed E-state index contributed by atoms with van der Waals surface area (Å²) in [7, 11) is 0. The van der Waals surface area contributed by atoms with Gasteiger partial charge in [-0.3, -0.25) is 9.69 Å². The fourth-order valence-corrected chi connectivity index (χ4v) is 3.52. The summed E-state index contributed by atoms with van der Waals surface area (Å²) in [6.07, 6.45) is 6.40. The number of piperidine rings is 1. The Morgan fingerprint density at radius 1 is 1.32 bits per heavy atom. The van der Waals surface area contributed by atoms with Crippen molar-refractivity contribution in [1.82, 2.24) is 10.2 Å². The molecule has 3 atom stereocenters. The van der Waals surface area contributed by atoms with Gasteiger partial charge in [0.2, 0.25) is 5.91 Å². The monoisotopic (exact) mass is 310 g/mol. The first-order valence-electron chi connectivity index (χ1n) is 9.02. The lowest BCUT2D eigenvalue weighted by atomic mass is 9.83. The van der Waals surface area contributed by atoms with E-state index in [1.807, 2.05) is 27.7 Å². The van der Waals surface area contributed by atoms with E-state index in [-0.39, 0.29) is 23.5 Å². The Bertz CT molecular complexity index is 374. The standard InChI is InChI=1S/C18H34N2O2/c1-5-16(21)10-13-9-14(19-17(22)18(2,3)4)12-20(11-13)15-7-6-8-15/h13-16,21H,5-12H2,1-4H3,(H,19,22). The van der Waals surface area contributed by atoms with Crippen molar-refractivity contribution in [3.8, 4) is 0 Å². The number of amides is 1. The maximum atomic E-state index is 12.3. The van der Waals surface area contributed by atoms with Crippen molar-refractivity contribution in [3.05, 3.63) is 0 Å². The van der Waals surface area contributed by atoms with E-state index < -0.39 is 0 Å². The maximum Gasteiger partial charge on any atom is 0.225 e. The zero-order valence-corrected chi connectivity index (χ0v) is 14.8. The van der Waals surface area contributed by atoms with Crippen LogP contribution in [0.3, 0.4) is 0 Å². The molecule has 1 heterocycles. The predicted molar refractivity (Wildman–Crippen MR) is 89.6 cm³/mol. The summed E-state index contributed by atoms with van der Waals surface area (Å²) in [6.45, 7) is 10.00. The van der Waals surface area contributed by atoms with Crippen molar-refractivity contribution in [2.45, 2.75) is 84.4 Å². The molecule has 1 aliphatic carbocycles. The summed E-state index contributed by atoms with van der Waals surface area (Å²) >= 11 is 0. The third kappa shape index (κ3) is 4.69. The van der Waals surface area contributed by atoms with Gasteiger partial charge in [-0.15, -0.1) is 0 Å². The Labute approximate surface area is 135 Å². The summed E-state index contributed by atoms with van der Waals surface area (Å²) in [6, 6.07) is 0.936. The van der Waals surface area contributed by atoms with Gasteiger partial charge in [0.25, 0.3) is 0 Å². The Balaban J connectivity index is 1.96. The minimum absolute atomic E-state index is 0.141. The van der Waals surface area contributed by atoms with E-state index in [0.717, 1.165) is 32.4 Å². The van der Waals surface area contributed by atoms with Crippen LogP contribution in [0.1, 0.15) is 66.2 Å². The number of rotatable bonds is 5. The molecule has 2 rings (SSSR count). The molecular formula is C18H34N2O2. The molecule has 0 radical (unpaired) electrons. The Morgan fingerprint density at radius 2 is 2.00 bits per heavy atom. The third-order valence-corrected chi connectivity index (χ3v) is 5.25. The quantitative estimate of drug-likeness (QED) is 0.820. The van der Waals surface area contributed by atoms with Gasteiger partial charge in [0.15, 0.2) is 0 Å². The second kappa shape index (κ2) is 7.31. The van der Waals surface area contributed by atoms with E-state index in [9.17, 15) is 9.90 Å². The van der Waals surface area contributed by atoms with Crippen LogP contribution in [-0.4, -0.2) is 47.2 Å². The number of nitrogens with zero attached hydrogens (tertiary/aromatic N) is 1. The molecule has 3 unspecified atom stereocenters. The van der Waals surface area contributed by atoms with Crippen LogP contribution in [0.25, 0.3) is 0 Å². The molecule has 1 saturated heterocycles. The van der Waals surface area contributed by atoms with E-state index >= 15 is 0 Å². The highest BCUT2D eigenvalue weighted by atomic mass is 16.3. The molecule has 2 aliphatic rings. The molecule has 2 fully saturated rings. The lowest BCUT2D eigenvalue weighted by Crippen LogP contribution is -2.56. The molecule has 1 aliphatic heterocycles. The summed E-state index contributed by atoms with van der Waals surface area (Å²) in [5, 5.41) is 13.2. The summed E-state index contributed by atoms with van der Waals surface area (Å²) in [4.78, 5) is 14.9. The third-order valence-electron chi connectivity index (χ3n) is 5.25. The van der Waals surface area contributed by atoms with Gasteiger partial charge in [-0.1, -0.05) is 34.1 Å². The second-order valence-corrected chi connectivity index (χ2v) is 8.36. The summed E-state index contributed by atoms with van der Waals surface area (Å²) in [5.41, 5.74) is -0.336. The van der Waals surface area contributed by atoms with E-state index in [4.69, 9.17) is 0 Å². The van der Waals surface area contributed by atoms with Gasteiger partial charge in [-0.05, 0) is 38.0 Å². The number of hydrogen-bond donors (Lipinski definition) is 2. The smallest absolute Gasteiger partial charge is 0.225 e. The molecule has 2 N–H and O–H groups in total. The van der Waals surface area contributed by atoms with Crippen molar-refractivity contribution in [1.29, 1.82) is 0 Å². The van der Waals surface area contributed by atoms with E-state index in [1.165, 1.54) is 19.3 Å². The van der Waals surface area contributed by atoms with Crippen LogP contribution >= 0.6 is 0 Å². The maximum absolute atomic E-state index is 12.3. The average molecular weight is 310 g/mol. The number of hydrogen-bond acceptors (Lipinski definition) is 3. The first-order valence-corrected chi connectivity index (χ1v) is 9.02. The topological polar surface area (TPSA) is 52.6 Å². The minimum atomic E-state index is -0.336. The van der Waals surface area contributed by atoms with Gasteiger partial charge >= 0.3 is 0 Å². The highest BCUT2D eigenvalue weighted by molar-refractivity contribution is 5.81. The molecular weight excluding hydrogens is 276 g/mol. The molecule has 4 heteroatoms. The zero-order valence-electron chi connectivity index (χ0n) is 14.8. The predicted octanol–water partition coefficient (Wildman–Crippen LogP) is 2.55. The Kier molecular flexibility index (Phi) is 5.89. The highest BCUT2D eigenvalue weighted by Crippen LogP contribution is 2.31. The van der Waals surface area contributed by atoms with Crippen LogP contribution in [0.4, 0.5) is 0 Å². The molecule has 22 heavy (non-hydrogen) atoms. The number of likely N-dealkylation sites (tertiary alicyclic amines) is 1. The van der Waals surface area contributed by atoms with Gasteiger partial charge in [0.05, 0.1) is 6.10 Å². The van der Waals surface area contributed by atoms with Crippen LogP contribution in [0.15, 0.2) is 0 Å². The minimum Gasteiger partial charge on any atom is -0.393 e. The van der Waals surface area contributed by atoms with E-state index in [2.05, 4.69) is 10.2 Å². The van der Waals surface area contributed by atoms with E-state index in [0.29, 0.717) is 12.0 Å². The number of aliphatic hydroxyl groups is 1.